The maximum absolute atomic E-state index is 12.6. The lowest BCUT2D eigenvalue weighted by atomic mass is 9.83. The van der Waals surface area contributed by atoms with Crippen molar-refractivity contribution in [2.45, 2.75) is 33.4 Å². The van der Waals surface area contributed by atoms with Crippen LogP contribution in [0.15, 0.2) is 11.6 Å². The molecule has 0 fully saturated rings. The normalized spacial score (nSPS) is 20.7. The Kier molecular flexibility index (Phi) is 4.84. The highest BCUT2D eigenvalue weighted by atomic mass is 19.4. The first kappa shape index (κ1) is 15.5. The van der Waals surface area contributed by atoms with Crippen LogP contribution >= 0.6 is 0 Å². The molecule has 2 N–H and O–H groups in total. The van der Waals surface area contributed by atoms with Crippen molar-refractivity contribution < 1.29 is 13.2 Å². The van der Waals surface area contributed by atoms with Gasteiger partial charge in [0.1, 0.15) is 0 Å². The van der Waals surface area contributed by atoms with Crippen LogP contribution in [0.1, 0.15) is 27.2 Å². The van der Waals surface area contributed by atoms with Crippen LogP contribution in [0.3, 0.4) is 0 Å². The molecule has 0 amide bonds. The van der Waals surface area contributed by atoms with Crippen LogP contribution in [-0.2, 0) is 0 Å². The number of halogens is 3. The van der Waals surface area contributed by atoms with Gasteiger partial charge in [-0.3, -0.25) is 4.90 Å². The van der Waals surface area contributed by atoms with Crippen molar-refractivity contribution in [3.05, 3.63) is 11.6 Å². The van der Waals surface area contributed by atoms with Crippen molar-refractivity contribution in [1.29, 1.82) is 0 Å². The fourth-order valence-corrected chi connectivity index (χ4v) is 2.18. The Morgan fingerprint density at radius 2 is 1.94 bits per heavy atom. The SMILES string of the molecule is CC(C)(C)C1=CCN(CC(CN)C(F)(F)F)CC1. The van der Waals surface area contributed by atoms with E-state index in [2.05, 4.69) is 26.8 Å². The molecule has 2 nitrogen and oxygen atoms in total. The second kappa shape index (κ2) is 5.61. The van der Waals surface area contributed by atoms with Gasteiger partial charge in [-0.1, -0.05) is 32.4 Å². The van der Waals surface area contributed by atoms with Gasteiger partial charge in [-0.25, -0.2) is 0 Å². The first-order valence-corrected chi connectivity index (χ1v) is 6.33. The van der Waals surface area contributed by atoms with E-state index in [0.717, 1.165) is 6.42 Å². The Bertz CT molecular complexity index is 302. The first-order chi connectivity index (χ1) is 8.14. The molecule has 1 unspecified atom stereocenters. The summed E-state index contributed by atoms with van der Waals surface area (Å²) in [5, 5.41) is 0. The van der Waals surface area contributed by atoms with Crippen LogP contribution in [0.4, 0.5) is 13.2 Å². The minimum atomic E-state index is -4.19. The number of hydrogen-bond donors (Lipinski definition) is 1. The minimum Gasteiger partial charge on any atom is -0.330 e. The highest BCUT2D eigenvalue weighted by Gasteiger charge is 2.39. The molecule has 0 aromatic rings. The van der Waals surface area contributed by atoms with Gasteiger partial charge in [-0.05, 0) is 11.8 Å². The standard InChI is InChI=1S/C13H23F3N2/c1-12(2,3)10-4-6-18(7-5-10)9-11(8-17)13(14,15)16/h4,11H,5-9,17H2,1-3H3. The topological polar surface area (TPSA) is 29.3 Å². The highest BCUT2D eigenvalue weighted by molar-refractivity contribution is 5.14. The van der Waals surface area contributed by atoms with Crippen molar-refractivity contribution in [3.63, 3.8) is 0 Å². The summed E-state index contributed by atoms with van der Waals surface area (Å²) >= 11 is 0. The van der Waals surface area contributed by atoms with Crippen LogP contribution in [0.25, 0.3) is 0 Å². The third kappa shape index (κ3) is 4.28. The Morgan fingerprint density at radius 1 is 1.33 bits per heavy atom. The second-order valence-corrected chi connectivity index (χ2v) is 5.96. The van der Waals surface area contributed by atoms with Gasteiger partial charge in [0.15, 0.2) is 0 Å². The van der Waals surface area contributed by atoms with Gasteiger partial charge in [0.2, 0.25) is 0 Å². The van der Waals surface area contributed by atoms with Crippen LogP contribution in [0.5, 0.6) is 0 Å². The van der Waals surface area contributed by atoms with Gasteiger partial charge in [-0.2, -0.15) is 13.2 Å². The maximum atomic E-state index is 12.6. The number of alkyl halides is 3. The zero-order valence-electron chi connectivity index (χ0n) is 11.3. The average molecular weight is 264 g/mol. The van der Waals surface area contributed by atoms with E-state index in [4.69, 9.17) is 5.73 Å². The van der Waals surface area contributed by atoms with Gasteiger partial charge < -0.3 is 5.73 Å². The van der Waals surface area contributed by atoms with Gasteiger partial charge in [0, 0.05) is 26.2 Å². The Labute approximate surface area is 107 Å². The van der Waals surface area contributed by atoms with E-state index in [1.54, 1.807) is 0 Å². The molecule has 1 aliphatic heterocycles. The molecule has 1 aliphatic rings. The highest BCUT2D eigenvalue weighted by Crippen LogP contribution is 2.31. The molecule has 0 aliphatic carbocycles. The predicted molar refractivity (Wildman–Crippen MR) is 67.2 cm³/mol. The fraction of sp³-hybridized carbons (Fsp3) is 0.846. The molecular formula is C13H23F3N2. The molecule has 1 heterocycles. The lowest BCUT2D eigenvalue weighted by Crippen LogP contribution is -2.42. The minimum absolute atomic E-state index is 0.00786. The number of rotatable bonds is 3. The van der Waals surface area contributed by atoms with Crippen LogP contribution in [-0.4, -0.2) is 37.3 Å². The molecule has 0 spiro atoms. The largest absolute Gasteiger partial charge is 0.394 e. The van der Waals surface area contributed by atoms with Crippen LogP contribution in [0, 0.1) is 11.3 Å². The Hall–Kier alpha value is -0.550. The van der Waals surface area contributed by atoms with Crippen LogP contribution < -0.4 is 5.73 Å². The summed E-state index contributed by atoms with van der Waals surface area (Å²) in [4.78, 5) is 1.83. The van der Waals surface area contributed by atoms with Crippen molar-refractivity contribution in [3.8, 4) is 0 Å². The third-order valence-corrected chi connectivity index (χ3v) is 3.48. The fourth-order valence-electron chi connectivity index (χ4n) is 2.18. The van der Waals surface area contributed by atoms with Gasteiger partial charge >= 0.3 is 6.18 Å². The van der Waals surface area contributed by atoms with Crippen molar-refractivity contribution in [2.24, 2.45) is 17.1 Å². The van der Waals surface area contributed by atoms with Gasteiger partial charge in [0.25, 0.3) is 0 Å². The quantitative estimate of drug-likeness (QED) is 0.794. The summed E-state index contributed by atoms with van der Waals surface area (Å²) in [6.07, 6.45) is -1.28. The van der Waals surface area contributed by atoms with E-state index < -0.39 is 12.1 Å². The zero-order valence-corrected chi connectivity index (χ0v) is 11.3. The summed E-state index contributed by atoms with van der Waals surface area (Å²) in [7, 11) is 0. The summed E-state index contributed by atoms with van der Waals surface area (Å²) < 4.78 is 37.9. The van der Waals surface area contributed by atoms with Crippen LogP contribution in [0.2, 0.25) is 0 Å². The number of hydrogen-bond acceptors (Lipinski definition) is 2. The lowest BCUT2D eigenvalue weighted by Gasteiger charge is -2.34. The Morgan fingerprint density at radius 3 is 2.28 bits per heavy atom. The molecule has 0 bridgehead atoms. The molecule has 106 valence electrons. The van der Waals surface area contributed by atoms with E-state index in [9.17, 15) is 13.2 Å². The first-order valence-electron chi connectivity index (χ1n) is 6.33. The molecule has 18 heavy (non-hydrogen) atoms. The molecule has 0 aromatic heterocycles. The number of nitrogens with zero attached hydrogens (tertiary/aromatic N) is 1. The van der Waals surface area contributed by atoms with E-state index in [-0.39, 0.29) is 18.5 Å². The molecule has 0 aromatic carbocycles. The summed E-state index contributed by atoms with van der Waals surface area (Å²) in [6, 6.07) is 0. The molecule has 5 heteroatoms. The van der Waals surface area contributed by atoms with Crippen molar-refractivity contribution >= 4 is 0 Å². The predicted octanol–water partition coefficient (Wildman–Crippen LogP) is 2.80. The molecule has 1 atom stereocenters. The number of nitrogens with two attached hydrogens (primary N) is 1. The monoisotopic (exact) mass is 264 g/mol. The second-order valence-electron chi connectivity index (χ2n) is 5.96. The van der Waals surface area contributed by atoms with E-state index in [1.807, 2.05) is 4.90 Å². The summed E-state index contributed by atoms with van der Waals surface area (Å²) in [5.41, 5.74) is 6.65. The molecule has 0 saturated heterocycles. The smallest absolute Gasteiger partial charge is 0.330 e. The van der Waals surface area contributed by atoms with Crippen molar-refractivity contribution in [2.75, 3.05) is 26.2 Å². The summed E-state index contributed by atoms with van der Waals surface area (Å²) in [5.74, 6) is -1.41. The van der Waals surface area contributed by atoms with Gasteiger partial charge in [0.05, 0.1) is 5.92 Å². The van der Waals surface area contributed by atoms with Gasteiger partial charge in [-0.15, -0.1) is 0 Å². The van der Waals surface area contributed by atoms with E-state index >= 15 is 0 Å². The van der Waals surface area contributed by atoms with E-state index in [0.29, 0.717) is 13.1 Å². The van der Waals surface area contributed by atoms with Crippen molar-refractivity contribution in [1.82, 2.24) is 4.90 Å². The van der Waals surface area contributed by atoms with E-state index in [1.165, 1.54) is 5.57 Å². The molecule has 1 rings (SSSR count). The lowest BCUT2D eigenvalue weighted by molar-refractivity contribution is -0.176. The molecular weight excluding hydrogens is 241 g/mol. The average Bonchev–Trinajstić information content (AvgIpc) is 2.23. The Balaban J connectivity index is 2.56. The zero-order chi connectivity index (χ0) is 14.0. The maximum Gasteiger partial charge on any atom is 0.394 e. The molecule has 0 radical (unpaired) electrons. The summed E-state index contributed by atoms with van der Waals surface area (Å²) in [6.45, 7) is 7.35. The molecule has 0 saturated carbocycles. The third-order valence-electron chi connectivity index (χ3n) is 3.48.